The number of hydrogen-bond donors (Lipinski definition) is 1. The van der Waals surface area contributed by atoms with E-state index in [0.29, 0.717) is 37.4 Å². The second-order valence-electron chi connectivity index (χ2n) is 6.20. The molecule has 3 rings (SSSR count). The van der Waals surface area contributed by atoms with E-state index in [2.05, 4.69) is 0 Å². The van der Waals surface area contributed by atoms with Crippen molar-refractivity contribution in [3.8, 4) is 0 Å². The highest BCUT2D eigenvalue weighted by Crippen LogP contribution is 2.15. The number of ether oxygens (including phenoxy) is 1. The Balaban J connectivity index is 1.71. The summed E-state index contributed by atoms with van der Waals surface area (Å²) in [7, 11) is 0. The lowest BCUT2D eigenvalue weighted by atomic mass is 10.1. The van der Waals surface area contributed by atoms with Crippen molar-refractivity contribution in [2.75, 3.05) is 32.9 Å². The van der Waals surface area contributed by atoms with Crippen molar-refractivity contribution >= 4 is 17.0 Å². The Kier molecular flexibility index (Phi) is 5.01. The molecule has 1 N–H and O–H groups in total. The van der Waals surface area contributed by atoms with E-state index in [1.807, 2.05) is 19.1 Å². The second kappa shape index (κ2) is 7.19. The van der Waals surface area contributed by atoms with Crippen LogP contribution in [0, 0.1) is 12.8 Å². The number of rotatable bonds is 4. The van der Waals surface area contributed by atoms with Crippen LogP contribution in [0.1, 0.15) is 12.0 Å². The summed E-state index contributed by atoms with van der Waals surface area (Å²) in [6.45, 7) is 4.13. The molecule has 2 heterocycles. The zero-order valence-corrected chi connectivity index (χ0v) is 13.7. The van der Waals surface area contributed by atoms with Gasteiger partial charge in [0.05, 0.1) is 18.7 Å². The summed E-state index contributed by atoms with van der Waals surface area (Å²) in [6.07, 6.45) is 0.209. The summed E-state index contributed by atoms with van der Waals surface area (Å²) in [6, 6.07) is 5.53. The van der Waals surface area contributed by atoms with Gasteiger partial charge in [-0.1, -0.05) is 6.07 Å². The monoisotopic (exact) mass is 334 g/mol. The Bertz CT molecular complexity index is 779. The standard InChI is InChI=1S/C17H22N2O5/c1-12-2-3-15-14(8-12)19(17(22)24-15)5-4-16(21)18-6-7-23-11-13(9-18)10-20/h2-3,8,13,20H,4-7,9-11H2,1H3. The molecule has 0 spiro atoms. The molecule has 1 aromatic heterocycles. The largest absolute Gasteiger partial charge is 0.419 e. The SMILES string of the molecule is Cc1ccc2oc(=O)n(CCC(=O)N3CCOCC(CO)C3)c2c1. The van der Waals surface area contributed by atoms with Gasteiger partial charge in [0.1, 0.15) is 0 Å². The molecule has 0 radical (unpaired) electrons. The summed E-state index contributed by atoms with van der Waals surface area (Å²) in [4.78, 5) is 26.2. The van der Waals surface area contributed by atoms with Crippen molar-refractivity contribution < 1.29 is 19.1 Å². The Hall–Kier alpha value is -2.12. The number of aliphatic hydroxyl groups is 1. The first-order valence-corrected chi connectivity index (χ1v) is 8.15. The molecule has 1 amide bonds. The number of fused-ring (bicyclic) bond motifs is 1. The third kappa shape index (κ3) is 3.52. The maximum absolute atomic E-state index is 12.5. The van der Waals surface area contributed by atoms with E-state index < -0.39 is 5.76 Å². The predicted molar refractivity (Wildman–Crippen MR) is 87.8 cm³/mol. The summed E-state index contributed by atoms with van der Waals surface area (Å²) in [5, 5.41) is 9.30. The van der Waals surface area contributed by atoms with Gasteiger partial charge in [0, 0.05) is 38.6 Å². The average molecular weight is 334 g/mol. The fraction of sp³-hybridized carbons (Fsp3) is 0.529. The Morgan fingerprint density at radius 1 is 1.42 bits per heavy atom. The third-order valence-corrected chi connectivity index (χ3v) is 4.32. The smallest absolute Gasteiger partial charge is 0.408 e. The van der Waals surface area contributed by atoms with Crippen molar-refractivity contribution in [1.82, 2.24) is 9.47 Å². The molecule has 1 aliphatic heterocycles. The first-order valence-electron chi connectivity index (χ1n) is 8.15. The minimum atomic E-state index is -0.448. The molecular formula is C17H22N2O5. The molecule has 130 valence electrons. The van der Waals surface area contributed by atoms with Crippen LogP contribution in [0.4, 0.5) is 0 Å². The summed E-state index contributed by atoms with van der Waals surface area (Å²) in [5.74, 6) is -0.555. The van der Waals surface area contributed by atoms with Crippen LogP contribution in [0.3, 0.4) is 0 Å². The van der Waals surface area contributed by atoms with Gasteiger partial charge in [-0.05, 0) is 24.6 Å². The molecule has 0 saturated carbocycles. The molecule has 2 aromatic rings. The number of hydrogen-bond acceptors (Lipinski definition) is 5. The number of aromatic nitrogens is 1. The number of carbonyl (C=O) groups is 1. The van der Waals surface area contributed by atoms with Crippen LogP contribution in [0.2, 0.25) is 0 Å². The van der Waals surface area contributed by atoms with Gasteiger partial charge in [-0.25, -0.2) is 4.79 Å². The molecule has 7 heteroatoms. The molecule has 1 aromatic carbocycles. The summed E-state index contributed by atoms with van der Waals surface area (Å²) >= 11 is 0. The van der Waals surface area contributed by atoms with E-state index in [0.717, 1.165) is 5.56 Å². The number of aliphatic hydroxyl groups excluding tert-OH is 1. The van der Waals surface area contributed by atoms with Gasteiger partial charge >= 0.3 is 5.76 Å². The number of aryl methyl sites for hydroxylation is 2. The van der Waals surface area contributed by atoms with Crippen LogP contribution in [0.15, 0.2) is 27.4 Å². The Labute approximate surface area is 139 Å². The van der Waals surface area contributed by atoms with Crippen LogP contribution in [-0.2, 0) is 16.1 Å². The highest BCUT2D eigenvalue weighted by molar-refractivity contribution is 5.77. The van der Waals surface area contributed by atoms with Crippen LogP contribution in [-0.4, -0.2) is 53.4 Å². The van der Waals surface area contributed by atoms with Gasteiger partial charge in [-0.15, -0.1) is 0 Å². The lowest BCUT2D eigenvalue weighted by molar-refractivity contribution is -0.131. The summed E-state index contributed by atoms with van der Waals surface area (Å²) < 4.78 is 12.1. The topological polar surface area (TPSA) is 84.9 Å². The van der Waals surface area contributed by atoms with Gasteiger partial charge in [0.25, 0.3) is 0 Å². The van der Waals surface area contributed by atoms with Crippen molar-refractivity contribution in [1.29, 1.82) is 0 Å². The fourth-order valence-electron chi connectivity index (χ4n) is 2.97. The van der Waals surface area contributed by atoms with Crippen molar-refractivity contribution in [3.63, 3.8) is 0 Å². The average Bonchev–Trinajstić information content (AvgIpc) is 2.75. The highest BCUT2D eigenvalue weighted by atomic mass is 16.5. The van der Waals surface area contributed by atoms with E-state index in [1.54, 1.807) is 11.0 Å². The molecule has 7 nitrogen and oxygen atoms in total. The Morgan fingerprint density at radius 3 is 3.04 bits per heavy atom. The number of nitrogens with zero attached hydrogens (tertiary/aromatic N) is 2. The molecule has 1 unspecified atom stereocenters. The number of carbonyl (C=O) groups excluding carboxylic acids is 1. The minimum absolute atomic E-state index is 0.00508. The predicted octanol–water partition coefficient (Wildman–Crippen LogP) is 0.760. The maximum atomic E-state index is 12.5. The van der Waals surface area contributed by atoms with E-state index in [1.165, 1.54) is 4.57 Å². The number of benzene rings is 1. The van der Waals surface area contributed by atoms with Crippen LogP contribution in [0.25, 0.3) is 11.1 Å². The van der Waals surface area contributed by atoms with E-state index in [4.69, 9.17) is 9.15 Å². The maximum Gasteiger partial charge on any atom is 0.419 e. The van der Waals surface area contributed by atoms with Crippen LogP contribution in [0.5, 0.6) is 0 Å². The van der Waals surface area contributed by atoms with Gasteiger partial charge in [-0.3, -0.25) is 9.36 Å². The Morgan fingerprint density at radius 2 is 2.25 bits per heavy atom. The number of amides is 1. The first kappa shape index (κ1) is 16.7. The number of oxazole rings is 1. The van der Waals surface area contributed by atoms with Gasteiger partial charge in [-0.2, -0.15) is 0 Å². The lowest BCUT2D eigenvalue weighted by Crippen LogP contribution is -2.37. The van der Waals surface area contributed by atoms with E-state index in [9.17, 15) is 14.7 Å². The molecule has 1 aliphatic rings. The van der Waals surface area contributed by atoms with Gasteiger partial charge < -0.3 is 19.2 Å². The zero-order valence-electron chi connectivity index (χ0n) is 13.7. The second-order valence-corrected chi connectivity index (χ2v) is 6.20. The summed E-state index contributed by atoms with van der Waals surface area (Å²) in [5.41, 5.74) is 2.26. The normalized spacial score (nSPS) is 18.8. The molecular weight excluding hydrogens is 312 g/mol. The molecule has 0 aliphatic carbocycles. The van der Waals surface area contributed by atoms with Gasteiger partial charge in [0.15, 0.2) is 5.58 Å². The van der Waals surface area contributed by atoms with Gasteiger partial charge in [0.2, 0.25) is 5.91 Å². The fourth-order valence-corrected chi connectivity index (χ4v) is 2.97. The van der Waals surface area contributed by atoms with Crippen LogP contribution < -0.4 is 5.76 Å². The highest BCUT2D eigenvalue weighted by Gasteiger charge is 2.22. The zero-order chi connectivity index (χ0) is 17.1. The van der Waals surface area contributed by atoms with Crippen molar-refractivity contribution in [2.45, 2.75) is 19.9 Å². The quantitative estimate of drug-likeness (QED) is 0.892. The van der Waals surface area contributed by atoms with Crippen molar-refractivity contribution in [2.24, 2.45) is 5.92 Å². The molecule has 1 fully saturated rings. The molecule has 1 atom stereocenters. The molecule has 0 bridgehead atoms. The van der Waals surface area contributed by atoms with E-state index in [-0.39, 0.29) is 31.4 Å². The van der Waals surface area contributed by atoms with Crippen LogP contribution >= 0.6 is 0 Å². The lowest BCUT2D eigenvalue weighted by Gasteiger charge is -2.22. The van der Waals surface area contributed by atoms with Crippen molar-refractivity contribution in [3.05, 3.63) is 34.3 Å². The minimum Gasteiger partial charge on any atom is -0.408 e. The van der Waals surface area contributed by atoms with E-state index >= 15 is 0 Å². The first-order chi connectivity index (χ1) is 11.6. The third-order valence-electron chi connectivity index (χ3n) is 4.32. The molecule has 24 heavy (non-hydrogen) atoms. The molecule has 1 saturated heterocycles.